The number of carbonyl (C=O) groups is 1. The van der Waals surface area contributed by atoms with Crippen LogP contribution in [0.2, 0.25) is 0 Å². The number of amides is 1. The summed E-state index contributed by atoms with van der Waals surface area (Å²) in [5.41, 5.74) is 5.93. The molecule has 3 nitrogen and oxygen atoms in total. The highest BCUT2D eigenvalue weighted by atomic mass is 19.2. The van der Waals surface area contributed by atoms with Gasteiger partial charge in [-0.15, -0.1) is 0 Å². The van der Waals surface area contributed by atoms with Gasteiger partial charge in [0, 0.05) is 12.1 Å². The van der Waals surface area contributed by atoms with Gasteiger partial charge in [-0.1, -0.05) is 19.3 Å². The lowest BCUT2D eigenvalue weighted by molar-refractivity contribution is 0.0913. The van der Waals surface area contributed by atoms with Gasteiger partial charge in [-0.25, -0.2) is 8.78 Å². The summed E-state index contributed by atoms with van der Waals surface area (Å²) < 4.78 is 25.9. The minimum Gasteiger partial charge on any atom is -0.351 e. The first-order valence-electron chi connectivity index (χ1n) is 7.00. The topological polar surface area (TPSA) is 55.1 Å². The van der Waals surface area contributed by atoms with Crippen LogP contribution in [0, 0.1) is 17.0 Å². The van der Waals surface area contributed by atoms with Crippen molar-refractivity contribution in [2.75, 3.05) is 13.1 Å². The van der Waals surface area contributed by atoms with E-state index in [9.17, 15) is 13.6 Å². The summed E-state index contributed by atoms with van der Waals surface area (Å²) in [6.07, 6.45) is 5.46. The Kier molecular flexibility index (Phi) is 4.70. The molecule has 1 aromatic carbocycles. The molecule has 0 bridgehead atoms. The Bertz CT molecular complexity index is 485. The van der Waals surface area contributed by atoms with Crippen molar-refractivity contribution in [1.29, 1.82) is 0 Å². The normalized spacial score (nSPS) is 17.8. The van der Waals surface area contributed by atoms with Crippen LogP contribution >= 0.6 is 0 Å². The zero-order valence-corrected chi connectivity index (χ0v) is 11.4. The van der Waals surface area contributed by atoms with E-state index in [1.165, 1.54) is 12.5 Å². The van der Waals surface area contributed by atoms with Crippen LogP contribution in [0.4, 0.5) is 8.78 Å². The Balaban J connectivity index is 1.98. The fourth-order valence-electron chi connectivity index (χ4n) is 2.76. The summed E-state index contributed by atoms with van der Waals surface area (Å²) in [5, 5.41) is 2.80. The summed E-state index contributed by atoms with van der Waals surface area (Å²) in [4.78, 5) is 12.0. The molecule has 0 spiro atoms. The van der Waals surface area contributed by atoms with Crippen molar-refractivity contribution in [2.45, 2.75) is 32.1 Å². The number of carbonyl (C=O) groups excluding carboxylic acids is 1. The van der Waals surface area contributed by atoms with Gasteiger partial charge in [0.05, 0.1) is 0 Å². The lowest BCUT2D eigenvalue weighted by atomic mass is 9.74. The molecule has 3 N–H and O–H groups in total. The maximum Gasteiger partial charge on any atom is 0.251 e. The molecule has 5 heteroatoms. The standard InChI is InChI=1S/C15H20F2N2O/c16-12-5-4-11(8-13(12)17)14(20)19-10-15(9-18)6-2-1-3-7-15/h4-5,8H,1-3,6-7,9-10,18H2,(H,19,20). The van der Waals surface area contributed by atoms with Crippen LogP contribution in [-0.4, -0.2) is 19.0 Å². The first kappa shape index (κ1) is 14.9. The van der Waals surface area contributed by atoms with E-state index in [0.717, 1.165) is 37.8 Å². The summed E-state index contributed by atoms with van der Waals surface area (Å²) in [7, 11) is 0. The maximum atomic E-state index is 13.1. The zero-order chi connectivity index (χ0) is 14.6. The molecule has 0 radical (unpaired) electrons. The minimum absolute atomic E-state index is 0.0491. The molecule has 1 aliphatic rings. The Morgan fingerprint density at radius 1 is 1.20 bits per heavy atom. The second kappa shape index (κ2) is 6.31. The second-order valence-corrected chi connectivity index (χ2v) is 5.58. The van der Waals surface area contributed by atoms with Gasteiger partial charge in [0.1, 0.15) is 0 Å². The molecule has 1 amide bonds. The first-order chi connectivity index (χ1) is 9.56. The average Bonchev–Trinajstić information content (AvgIpc) is 2.48. The number of rotatable bonds is 4. The van der Waals surface area contributed by atoms with Gasteiger partial charge in [-0.05, 0) is 43.0 Å². The van der Waals surface area contributed by atoms with E-state index in [1.807, 2.05) is 0 Å². The molecule has 1 fully saturated rings. The van der Waals surface area contributed by atoms with E-state index >= 15 is 0 Å². The molecule has 0 aromatic heterocycles. The van der Waals surface area contributed by atoms with E-state index < -0.39 is 11.6 Å². The van der Waals surface area contributed by atoms with Crippen LogP contribution in [0.15, 0.2) is 18.2 Å². The molecule has 1 aromatic rings. The van der Waals surface area contributed by atoms with Crippen molar-refractivity contribution < 1.29 is 13.6 Å². The van der Waals surface area contributed by atoms with Gasteiger partial charge in [0.25, 0.3) is 5.91 Å². The second-order valence-electron chi connectivity index (χ2n) is 5.58. The Hall–Kier alpha value is -1.49. The van der Waals surface area contributed by atoms with Crippen molar-refractivity contribution in [3.05, 3.63) is 35.4 Å². The highest BCUT2D eigenvalue weighted by Crippen LogP contribution is 2.34. The van der Waals surface area contributed by atoms with Gasteiger partial charge < -0.3 is 11.1 Å². The van der Waals surface area contributed by atoms with Gasteiger partial charge in [-0.3, -0.25) is 4.79 Å². The van der Waals surface area contributed by atoms with Crippen molar-refractivity contribution in [3.8, 4) is 0 Å². The molecule has 2 rings (SSSR count). The van der Waals surface area contributed by atoms with E-state index in [0.29, 0.717) is 13.1 Å². The monoisotopic (exact) mass is 282 g/mol. The Morgan fingerprint density at radius 2 is 1.90 bits per heavy atom. The summed E-state index contributed by atoms with van der Waals surface area (Å²) in [6, 6.07) is 3.16. The highest BCUT2D eigenvalue weighted by Gasteiger charge is 2.31. The molecule has 0 saturated heterocycles. The first-order valence-corrected chi connectivity index (χ1v) is 7.00. The van der Waals surface area contributed by atoms with Crippen molar-refractivity contribution >= 4 is 5.91 Å². The SMILES string of the molecule is NCC1(CNC(=O)c2ccc(F)c(F)c2)CCCCC1. The Labute approximate surface area is 117 Å². The van der Waals surface area contributed by atoms with Crippen LogP contribution in [0.1, 0.15) is 42.5 Å². The maximum absolute atomic E-state index is 13.1. The number of hydrogen-bond acceptors (Lipinski definition) is 2. The lowest BCUT2D eigenvalue weighted by Gasteiger charge is -2.36. The number of nitrogens with one attached hydrogen (secondary N) is 1. The average molecular weight is 282 g/mol. The molecular weight excluding hydrogens is 262 g/mol. The van der Waals surface area contributed by atoms with Gasteiger partial charge in [0.15, 0.2) is 11.6 Å². The molecule has 0 unspecified atom stereocenters. The van der Waals surface area contributed by atoms with E-state index in [1.54, 1.807) is 0 Å². The third kappa shape index (κ3) is 3.33. The molecule has 1 saturated carbocycles. The van der Waals surface area contributed by atoms with Crippen molar-refractivity contribution in [3.63, 3.8) is 0 Å². The third-order valence-electron chi connectivity index (χ3n) is 4.15. The largest absolute Gasteiger partial charge is 0.351 e. The molecule has 1 aliphatic carbocycles. The molecule has 0 heterocycles. The highest BCUT2D eigenvalue weighted by molar-refractivity contribution is 5.94. The van der Waals surface area contributed by atoms with E-state index in [4.69, 9.17) is 5.73 Å². The molecule has 20 heavy (non-hydrogen) atoms. The molecular formula is C15H20F2N2O. The predicted octanol–water partition coefficient (Wildman–Crippen LogP) is 2.60. The van der Waals surface area contributed by atoms with Crippen LogP contribution in [0.3, 0.4) is 0 Å². The van der Waals surface area contributed by atoms with Gasteiger partial charge in [-0.2, -0.15) is 0 Å². The van der Waals surface area contributed by atoms with E-state index in [-0.39, 0.29) is 16.9 Å². The van der Waals surface area contributed by atoms with Crippen molar-refractivity contribution in [2.24, 2.45) is 11.1 Å². The summed E-state index contributed by atoms with van der Waals surface area (Å²) in [5.74, 6) is -2.35. The zero-order valence-electron chi connectivity index (χ0n) is 11.4. The lowest BCUT2D eigenvalue weighted by Crippen LogP contribution is -2.43. The molecule has 0 aliphatic heterocycles. The summed E-state index contributed by atoms with van der Waals surface area (Å²) in [6.45, 7) is 1.02. The number of benzene rings is 1. The van der Waals surface area contributed by atoms with Gasteiger partial charge in [0.2, 0.25) is 0 Å². The number of hydrogen-bond donors (Lipinski definition) is 2. The quantitative estimate of drug-likeness (QED) is 0.892. The van der Waals surface area contributed by atoms with E-state index in [2.05, 4.69) is 5.32 Å². The van der Waals surface area contributed by atoms with Crippen LogP contribution in [0.25, 0.3) is 0 Å². The third-order valence-corrected chi connectivity index (χ3v) is 4.15. The minimum atomic E-state index is -1.01. The van der Waals surface area contributed by atoms with Crippen molar-refractivity contribution in [1.82, 2.24) is 5.32 Å². The smallest absolute Gasteiger partial charge is 0.251 e. The fraction of sp³-hybridized carbons (Fsp3) is 0.533. The summed E-state index contributed by atoms with van der Waals surface area (Å²) >= 11 is 0. The van der Waals surface area contributed by atoms with Crippen LogP contribution in [0.5, 0.6) is 0 Å². The van der Waals surface area contributed by atoms with Crippen LogP contribution in [-0.2, 0) is 0 Å². The number of nitrogens with two attached hydrogens (primary N) is 1. The molecule has 110 valence electrons. The number of halogens is 2. The molecule has 0 atom stereocenters. The Morgan fingerprint density at radius 3 is 2.50 bits per heavy atom. The van der Waals surface area contributed by atoms with Crippen LogP contribution < -0.4 is 11.1 Å². The van der Waals surface area contributed by atoms with Gasteiger partial charge >= 0.3 is 0 Å². The predicted molar refractivity (Wildman–Crippen MR) is 73.3 cm³/mol. The fourth-order valence-corrected chi connectivity index (χ4v) is 2.76.